The van der Waals surface area contributed by atoms with Crippen molar-refractivity contribution in [3.8, 4) is 0 Å². The van der Waals surface area contributed by atoms with Crippen molar-refractivity contribution in [1.29, 1.82) is 0 Å². The molecule has 0 aliphatic carbocycles. The summed E-state index contributed by atoms with van der Waals surface area (Å²) in [5.41, 5.74) is 6.60. The number of fused-ring (bicyclic) bond motifs is 3. The molecule has 0 bridgehead atoms. The number of carbonyl (C=O) groups excluding carboxylic acids is 1. The molecular weight excluding hydrogens is 509 g/mol. The second-order valence-electron chi connectivity index (χ2n) is 8.22. The average molecular weight is 527 g/mol. The van der Waals surface area contributed by atoms with Crippen molar-refractivity contribution in [2.24, 2.45) is 0 Å². The number of pyridine rings is 1. The first-order valence-corrected chi connectivity index (χ1v) is 11.3. The number of hydrogen-bond donors (Lipinski definition) is 1. The summed E-state index contributed by atoms with van der Waals surface area (Å²) in [5.74, 6) is 0.0512. The third kappa shape index (κ3) is 4.62. The van der Waals surface area contributed by atoms with E-state index in [0.29, 0.717) is 22.2 Å². The van der Waals surface area contributed by atoms with E-state index in [9.17, 15) is 18.0 Å². The van der Waals surface area contributed by atoms with Gasteiger partial charge in [-0.1, -0.05) is 11.6 Å². The zero-order valence-corrected chi connectivity index (χ0v) is 19.9. The van der Waals surface area contributed by atoms with Crippen LogP contribution in [0.25, 0.3) is 16.4 Å². The first-order chi connectivity index (χ1) is 17.6. The first kappa shape index (κ1) is 24.4. The first-order valence-electron chi connectivity index (χ1n) is 10.9. The number of alkyl halides is 3. The van der Waals surface area contributed by atoms with Gasteiger partial charge in [0, 0.05) is 24.0 Å². The van der Waals surface area contributed by atoms with Gasteiger partial charge in [-0.3, -0.25) is 14.2 Å². The summed E-state index contributed by atoms with van der Waals surface area (Å²) in [4.78, 5) is 36.1. The second kappa shape index (κ2) is 9.28. The van der Waals surface area contributed by atoms with Crippen LogP contribution in [0.3, 0.4) is 0 Å². The fourth-order valence-electron chi connectivity index (χ4n) is 3.94. The molecule has 2 N–H and O–H groups in total. The molecule has 4 heterocycles. The van der Waals surface area contributed by atoms with E-state index in [1.807, 2.05) is 0 Å². The van der Waals surface area contributed by atoms with E-state index in [2.05, 4.69) is 24.9 Å². The normalized spacial score (nSPS) is 12.7. The third-order valence-electron chi connectivity index (χ3n) is 5.88. The van der Waals surface area contributed by atoms with Gasteiger partial charge in [-0.2, -0.15) is 13.2 Å². The van der Waals surface area contributed by atoms with Gasteiger partial charge in [-0.15, -0.1) is 0 Å². The zero-order chi connectivity index (χ0) is 26.3. The lowest BCUT2D eigenvalue weighted by Gasteiger charge is -2.28. The lowest BCUT2D eigenvalue weighted by molar-refractivity contribution is -0.137. The van der Waals surface area contributed by atoms with Gasteiger partial charge in [0.15, 0.2) is 0 Å². The molecule has 1 amide bonds. The predicted molar refractivity (Wildman–Crippen MR) is 129 cm³/mol. The molecule has 5 rings (SSSR count). The van der Waals surface area contributed by atoms with Crippen LogP contribution in [0.5, 0.6) is 0 Å². The summed E-state index contributed by atoms with van der Waals surface area (Å²) in [7, 11) is 0. The van der Waals surface area contributed by atoms with Gasteiger partial charge >= 0.3 is 6.18 Å². The van der Waals surface area contributed by atoms with Gasteiger partial charge in [-0.05, 0) is 37.3 Å². The maximum atomic E-state index is 13.9. The summed E-state index contributed by atoms with van der Waals surface area (Å²) in [6, 6.07) is 6.25. The summed E-state index contributed by atoms with van der Waals surface area (Å²) in [5, 5.41) is 0.718. The lowest BCUT2D eigenvalue weighted by atomic mass is 10.1. The Balaban J connectivity index is 1.58. The number of nitrogen functional groups attached to an aromatic ring is 1. The zero-order valence-electron chi connectivity index (χ0n) is 19.2. The number of aromatic nitrogens is 6. The summed E-state index contributed by atoms with van der Waals surface area (Å²) >= 11 is 6.52. The van der Waals surface area contributed by atoms with E-state index in [1.165, 1.54) is 35.8 Å². The van der Waals surface area contributed by atoms with Gasteiger partial charge in [0.1, 0.15) is 12.2 Å². The molecule has 0 aliphatic rings. The molecule has 13 heteroatoms. The maximum Gasteiger partial charge on any atom is 0.417 e. The molecule has 37 heavy (non-hydrogen) atoms. The largest absolute Gasteiger partial charge is 0.417 e. The van der Waals surface area contributed by atoms with Crippen LogP contribution in [0.2, 0.25) is 5.02 Å². The molecule has 0 radical (unpaired) electrons. The molecule has 188 valence electrons. The van der Waals surface area contributed by atoms with E-state index in [0.717, 1.165) is 12.3 Å². The minimum Gasteiger partial charge on any atom is -0.369 e. The molecular formula is C24H18ClF3N8O. The number of hydrogen-bond acceptors (Lipinski definition) is 7. The van der Waals surface area contributed by atoms with Crippen molar-refractivity contribution in [2.45, 2.75) is 25.7 Å². The van der Waals surface area contributed by atoms with Crippen molar-refractivity contribution in [3.05, 3.63) is 89.1 Å². The van der Waals surface area contributed by atoms with Crippen LogP contribution in [-0.4, -0.2) is 40.1 Å². The van der Waals surface area contributed by atoms with Crippen LogP contribution >= 0.6 is 11.6 Å². The summed E-state index contributed by atoms with van der Waals surface area (Å²) < 4.78 is 40.6. The SMILES string of the molecule is C[C@H](c1ncccn1)N(Cc1ccc(C(F)(F)F)cn1)C(=O)c1cc2c(cc1Cl)nc(N)n1cncc21. The quantitative estimate of drug-likeness (QED) is 0.352. The van der Waals surface area contributed by atoms with E-state index in [-0.39, 0.29) is 28.8 Å². The van der Waals surface area contributed by atoms with E-state index in [1.54, 1.807) is 29.7 Å². The molecule has 0 saturated heterocycles. The van der Waals surface area contributed by atoms with Gasteiger partial charge in [0.25, 0.3) is 5.91 Å². The fraction of sp³-hybridized carbons (Fsp3) is 0.167. The van der Waals surface area contributed by atoms with Crippen LogP contribution < -0.4 is 5.73 Å². The van der Waals surface area contributed by atoms with Crippen LogP contribution in [0.15, 0.2) is 61.4 Å². The Labute approximate surface area is 212 Å². The van der Waals surface area contributed by atoms with Crippen LogP contribution in [0.1, 0.15) is 40.4 Å². The molecule has 1 aromatic carbocycles. The highest BCUT2D eigenvalue weighted by atomic mass is 35.5. The Hall–Kier alpha value is -4.32. The van der Waals surface area contributed by atoms with Crippen LogP contribution in [-0.2, 0) is 12.7 Å². The average Bonchev–Trinajstić information content (AvgIpc) is 3.38. The summed E-state index contributed by atoms with van der Waals surface area (Å²) in [6.45, 7) is 1.59. The Kier molecular flexibility index (Phi) is 6.12. The molecule has 9 nitrogen and oxygen atoms in total. The van der Waals surface area contributed by atoms with Crippen molar-refractivity contribution in [3.63, 3.8) is 0 Å². The predicted octanol–water partition coefficient (Wildman–Crippen LogP) is 4.73. The van der Waals surface area contributed by atoms with Crippen molar-refractivity contribution < 1.29 is 18.0 Å². The number of imidazole rings is 1. The Morgan fingerprint density at radius 3 is 2.59 bits per heavy atom. The highest BCUT2D eigenvalue weighted by Gasteiger charge is 2.31. The maximum absolute atomic E-state index is 13.9. The van der Waals surface area contributed by atoms with E-state index < -0.39 is 23.7 Å². The number of halogens is 4. The molecule has 0 aliphatic heterocycles. The smallest absolute Gasteiger partial charge is 0.369 e. The fourth-order valence-corrected chi connectivity index (χ4v) is 4.18. The molecule has 1 atom stereocenters. The van der Waals surface area contributed by atoms with Crippen LogP contribution in [0.4, 0.5) is 19.1 Å². The second-order valence-corrected chi connectivity index (χ2v) is 8.63. The lowest BCUT2D eigenvalue weighted by Crippen LogP contribution is -2.34. The number of benzene rings is 1. The molecule has 0 unspecified atom stereocenters. The Bertz CT molecular complexity index is 1610. The molecule has 0 fully saturated rings. The van der Waals surface area contributed by atoms with Crippen molar-refractivity contribution in [2.75, 3.05) is 5.73 Å². The van der Waals surface area contributed by atoms with Crippen LogP contribution in [0, 0.1) is 0 Å². The highest BCUT2D eigenvalue weighted by Crippen LogP contribution is 2.32. The van der Waals surface area contributed by atoms with Crippen molar-refractivity contribution in [1.82, 2.24) is 34.2 Å². The standard InChI is InChI=1S/C24H18ClF3N8O/c1-13(21-31-5-2-6-32-21)35(11-15-4-3-14(9-33-15)24(26,27)28)22(37)16-7-17-19(8-18(16)25)34-23(29)36-12-30-10-20(17)36/h2-10,12-13H,11H2,1H3,(H2,29,34)/t13-/m1/s1. The van der Waals surface area contributed by atoms with Gasteiger partial charge in [0.05, 0.1) is 51.7 Å². The molecule has 0 spiro atoms. The number of nitrogens with two attached hydrogens (primary N) is 1. The highest BCUT2D eigenvalue weighted by molar-refractivity contribution is 6.34. The number of nitrogens with zero attached hydrogens (tertiary/aromatic N) is 7. The number of anilines is 1. The molecule has 4 aromatic heterocycles. The topological polar surface area (TPSA) is 115 Å². The molecule has 0 saturated carbocycles. The minimum absolute atomic E-state index is 0.118. The third-order valence-corrected chi connectivity index (χ3v) is 6.20. The van der Waals surface area contributed by atoms with Gasteiger partial charge in [-0.25, -0.2) is 19.9 Å². The van der Waals surface area contributed by atoms with E-state index >= 15 is 0 Å². The Morgan fingerprint density at radius 2 is 1.92 bits per heavy atom. The van der Waals surface area contributed by atoms with Gasteiger partial charge < -0.3 is 10.6 Å². The van der Waals surface area contributed by atoms with Gasteiger partial charge in [0.2, 0.25) is 5.95 Å². The van der Waals surface area contributed by atoms with Crippen molar-refractivity contribution >= 4 is 39.9 Å². The Morgan fingerprint density at radius 1 is 1.16 bits per heavy atom. The number of amides is 1. The summed E-state index contributed by atoms with van der Waals surface area (Å²) in [6.07, 6.45) is 2.37. The monoisotopic (exact) mass is 526 g/mol. The number of carbonyl (C=O) groups is 1. The minimum atomic E-state index is -4.53. The molecule has 5 aromatic rings. The number of rotatable bonds is 5. The van der Waals surface area contributed by atoms with E-state index in [4.69, 9.17) is 17.3 Å².